The third-order valence-electron chi connectivity index (χ3n) is 3.16. The second kappa shape index (κ2) is 4.17. The summed E-state index contributed by atoms with van der Waals surface area (Å²) in [6.45, 7) is 3.35. The van der Waals surface area contributed by atoms with Crippen molar-refractivity contribution in [3.8, 4) is 0 Å². The summed E-state index contributed by atoms with van der Waals surface area (Å²) < 4.78 is 13.6. The van der Waals surface area contributed by atoms with Gasteiger partial charge in [-0.25, -0.2) is 9.29 Å². The lowest BCUT2D eigenvalue weighted by Gasteiger charge is -2.20. The monoisotopic (exact) mass is 250 g/mol. The predicted octanol–water partition coefficient (Wildman–Crippen LogP) is 1.57. The number of halogens is 1. The van der Waals surface area contributed by atoms with Crippen LogP contribution < -0.4 is 10.6 Å². The largest absolute Gasteiger partial charge is 0.326 e. The Labute approximate surface area is 105 Å². The summed E-state index contributed by atoms with van der Waals surface area (Å²) in [6, 6.07) is 4.28. The van der Waals surface area contributed by atoms with Crippen molar-refractivity contribution in [1.82, 2.24) is 0 Å². The predicted molar refractivity (Wildman–Crippen MR) is 65.2 cm³/mol. The van der Waals surface area contributed by atoms with Crippen molar-refractivity contribution in [2.75, 3.05) is 4.90 Å². The molecule has 0 saturated carbocycles. The molecule has 0 aromatic heterocycles. The van der Waals surface area contributed by atoms with Crippen molar-refractivity contribution >= 4 is 17.5 Å². The molecule has 2 amide bonds. The van der Waals surface area contributed by atoms with Crippen LogP contribution in [-0.2, 0) is 16.1 Å². The van der Waals surface area contributed by atoms with Crippen molar-refractivity contribution in [1.29, 1.82) is 0 Å². The van der Waals surface area contributed by atoms with Gasteiger partial charge in [0.25, 0.3) is 0 Å². The van der Waals surface area contributed by atoms with Crippen LogP contribution in [0.25, 0.3) is 0 Å². The summed E-state index contributed by atoms with van der Waals surface area (Å²) in [5, 5.41) is 0. The molecule has 4 nitrogen and oxygen atoms in total. The number of imide groups is 1. The minimum Gasteiger partial charge on any atom is -0.326 e. The number of benzene rings is 1. The highest BCUT2D eigenvalue weighted by Gasteiger charge is 2.46. The molecule has 5 heteroatoms. The van der Waals surface area contributed by atoms with Crippen molar-refractivity contribution in [3.05, 3.63) is 29.6 Å². The molecule has 1 heterocycles. The van der Waals surface area contributed by atoms with Gasteiger partial charge in [-0.15, -0.1) is 0 Å². The molecule has 0 atom stereocenters. The van der Waals surface area contributed by atoms with Gasteiger partial charge in [-0.1, -0.05) is 19.9 Å². The van der Waals surface area contributed by atoms with E-state index in [0.29, 0.717) is 0 Å². The summed E-state index contributed by atoms with van der Waals surface area (Å²) in [5.74, 6) is -1.13. The first-order valence-corrected chi connectivity index (χ1v) is 5.73. The van der Waals surface area contributed by atoms with E-state index in [9.17, 15) is 14.0 Å². The van der Waals surface area contributed by atoms with Crippen LogP contribution >= 0.6 is 0 Å². The number of nitrogens with two attached hydrogens (primary N) is 1. The Bertz CT molecular complexity index is 526. The van der Waals surface area contributed by atoms with Gasteiger partial charge < -0.3 is 5.73 Å². The van der Waals surface area contributed by atoms with E-state index >= 15 is 0 Å². The van der Waals surface area contributed by atoms with Crippen LogP contribution in [0.15, 0.2) is 18.2 Å². The quantitative estimate of drug-likeness (QED) is 0.810. The van der Waals surface area contributed by atoms with Gasteiger partial charge in [0, 0.05) is 18.5 Å². The zero-order chi connectivity index (χ0) is 13.5. The van der Waals surface area contributed by atoms with Gasteiger partial charge >= 0.3 is 0 Å². The van der Waals surface area contributed by atoms with Gasteiger partial charge in [-0.3, -0.25) is 9.59 Å². The Hall–Kier alpha value is -1.75. The summed E-state index contributed by atoms with van der Waals surface area (Å²) in [5.41, 5.74) is 5.20. The van der Waals surface area contributed by atoms with Gasteiger partial charge in [0.1, 0.15) is 5.82 Å². The Morgan fingerprint density at radius 2 is 2.06 bits per heavy atom. The summed E-state index contributed by atoms with van der Waals surface area (Å²) >= 11 is 0. The highest BCUT2D eigenvalue weighted by molar-refractivity contribution is 6.22. The lowest BCUT2D eigenvalue weighted by Crippen LogP contribution is -2.34. The summed E-state index contributed by atoms with van der Waals surface area (Å²) in [4.78, 5) is 25.1. The fourth-order valence-electron chi connectivity index (χ4n) is 2.15. The van der Waals surface area contributed by atoms with Crippen molar-refractivity contribution in [2.24, 2.45) is 11.1 Å². The van der Waals surface area contributed by atoms with Gasteiger partial charge in [-0.2, -0.15) is 0 Å². The third kappa shape index (κ3) is 1.80. The van der Waals surface area contributed by atoms with Crippen LogP contribution in [0.1, 0.15) is 25.8 Å². The average molecular weight is 250 g/mol. The molecule has 1 saturated heterocycles. The normalized spacial score (nSPS) is 18.6. The fraction of sp³-hybridized carbons (Fsp3) is 0.385. The summed E-state index contributed by atoms with van der Waals surface area (Å²) in [6.07, 6.45) is 0.131. The van der Waals surface area contributed by atoms with Crippen molar-refractivity contribution < 1.29 is 14.0 Å². The number of carbonyl (C=O) groups excluding carboxylic acids is 2. The first-order chi connectivity index (χ1) is 8.38. The zero-order valence-corrected chi connectivity index (χ0v) is 10.4. The second-order valence-electron chi connectivity index (χ2n) is 5.04. The van der Waals surface area contributed by atoms with Gasteiger partial charge in [0.2, 0.25) is 11.8 Å². The number of rotatable bonds is 2. The Morgan fingerprint density at radius 3 is 2.56 bits per heavy atom. The maximum absolute atomic E-state index is 13.6. The van der Waals surface area contributed by atoms with E-state index in [1.807, 2.05) is 0 Å². The molecule has 1 aliphatic rings. The van der Waals surface area contributed by atoms with Crippen LogP contribution in [0.3, 0.4) is 0 Å². The van der Waals surface area contributed by atoms with E-state index in [1.54, 1.807) is 19.9 Å². The number of amides is 2. The average Bonchev–Trinajstić information content (AvgIpc) is 2.48. The van der Waals surface area contributed by atoms with Crippen LogP contribution in [0.5, 0.6) is 0 Å². The second-order valence-corrected chi connectivity index (χ2v) is 5.04. The minimum absolute atomic E-state index is 0.0561. The number of hydrogen-bond donors (Lipinski definition) is 1. The Balaban J connectivity index is 2.53. The molecule has 0 unspecified atom stereocenters. The van der Waals surface area contributed by atoms with Crippen LogP contribution in [-0.4, -0.2) is 11.8 Å². The highest BCUT2D eigenvalue weighted by Crippen LogP contribution is 2.36. The van der Waals surface area contributed by atoms with E-state index in [1.165, 1.54) is 12.1 Å². The van der Waals surface area contributed by atoms with E-state index in [0.717, 1.165) is 4.90 Å². The summed E-state index contributed by atoms with van der Waals surface area (Å²) in [7, 11) is 0. The number of hydrogen-bond acceptors (Lipinski definition) is 3. The number of carbonyl (C=O) groups is 2. The minimum atomic E-state index is -0.741. The first kappa shape index (κ1) is 12.7. The van der Waals surface area contributed by atoms with E-state index in [2.05, 4.69) is 0 Å². The molecule has 1 aromatic rings. The molecule has 0 aliphatic carbocycles. The highest BCUT2D eigenvalue weighted by atomic mass is 19.1. The van der Waals surface area contributed by atoms with E-state index in [4.69, 9.17) is 5.73 Å². The fourth-order valence-corrected chi connectivity index (χ4v) is 2.15. The van der Waals surface area contributed by atoms with Crippen molar-refractivity contribution in [2.45, 2.75) is 26.8 Å². The molecule has 0 radical (unpaired) electrons. The smallest absolute Gasteiger partial charge is 0.239 e. The van der Waals surface area contributed by atoms with E-state index in [-0.39, 0.29) is 36.0 Å². The van der Waals surface area contributed by atoms with E-state index < -0.39 is 11.2 Å². The van der Waals surface area contributed by atoms with Gasteiger partial charge in [0.15, 0.2) is 0 Å². The molecule has 2 N–H and O–H groups in total. The molecule has 18 heavy (non-hydrogen) atoms. The SMILES string of the molecule is CC1(C)CC(=O)N(c2cccc(F)c2CN)C1=O. The van der Waals surface area contributed by atoms with Gasteiger partial charge in [0.05, 0.1) is 11.1 Å². The molecular formula is C13H15FN2O2. The van der Waals surface area contributed by atoms with Crippen LogP contribution in [0.4, 0.5) is 10.1 Å². The molecule has 0 bridgehead atoms. The van der Waals surface area contributed by atoms with Crippen molar-refractivity contribution in [3.63, 3.8) is 0 Å². The molecule has 1 aromatic carbocycles. The number of anilines is 1. The molecule has 1 aliphatic heterocycles. The molecule has 96 valence electrons. The molecular weight excluding hydrogens is 235 g/mol. The Kier molecular flexibility index (Phi) is 2.94. The van der Waals surface area contributed by atoms with Gasteiger partial charge in [-0.05, 0) is 12.1 Å². The molecule has 0 spiro atoms. The molecule has 1 fully saturated rings. The third-order valence-corrected chi connectivity index (χ3v) is 3.16. The van der Waals surface area contributed by atoms with Crippen LogP contribution in [0, 0.1) is 11.2 Å². The lowest BCUT2D eigenvalue weighted by molar-refractivity contribution is -0.124. The maximum atomic E-state index is 13.6. The standard InChI is InChI=1S/C13H15FN2O2/c1-13(2)6-11(17)16(12(13)18)10-5-3-4-9(14)8(10)7-15/h3-5H,6-7,15H2,1-2H3. The zero-order valence-electron chi connectivity index (χ0n) is 10.4. The number of nitrogens with zero attached hydrogens (tertiary/aromatic N) is 1. The Morgan fingerprint density at radius 1 is 1.39 bits per heavy atom. The molecule has 2 rings (SSSR count). The van der Waals surface area contributed by atoms with Crippen LogP contribution in [0.2, 0.25) is 0 Å². The first-order valence-electron chi connectivity index (χ1n) is 5.73. The topological polar surface area (TPSA) is 63.4 Å². The maximum Gasteiger partial charge on any atom is 0.239 e. The lowest BCUT2D eigenvalue weighted by atomic mass is 9.92.